The highest BCUT2D eigenvalue weighted by molar-refractivity contribution is 6.08. The molecule has 4 aromatic rings. The first-order valence-electron chi connectivity index (χ1n) is 9.90. The van der Waals surface area contributed by atoms with Crippen LogP contribution in [0.1, 0.15) is 21.7 Å². The van der Waals surface area contributed by atoms with E-state index in [1.807, 2.05) is 23.6 Å². The lowest BCUT2D eigenvalue weighted by molar-refractivity contribution is 0.102. The molecule has 1 amide bonds. The summed E-state index contributed by atoms with van der Waals surface area (Å²) >= 11 is 0. The third-order valence-corrected chi connectivity index (χ3v) is 5.28. The number of carbonyl (C=O) groups is 1. The molecule has 8 nitrogen and oxygen atoms in total. The number of pyridine rings is 2. The molecule has 1 aliphatic rings. The zero-order valence-electron chi connectivity index (χ0n) is 16.8. The van der Waals surface area contributed by atoms with Crippen LogP contribution < -0.4 is 15.5 Å². The molecular weight excluding hydrogens is 385 g/mol. The van der Waals surface area contributed by atoms with Crippen molar-refractivity contribution in [1.29, 1.82) is 0 Å². The molecule has 0 aliphatic carbocycles. The minimum atomic E-state index is -0.489. The maximum absolute atomic E-state index is 14.4. The van der Waals surface area contributed by atoms with Crippen LogP contribution in [0.25, 0.3) is 11.3 Å². The third kappa shape index (κ3) is 3.17. The van der Waals surface area contributed by atoms with E-state index in [4.69, 9.17) is 0 Å². The van der Waals surface area contributed by atoms with E-state index in [9.17, 15) is 9.18 Å². The van der Waals surface area contributed by atoms with Gasteiger partial charge in [0.2, 0.25) is 0 Å². The predicted octanol–water partition coefficient (Wildman–Crippen LogP) is 2.40. The van der Waals surface area contributed by atoms with Crippen LogP contribution >= 0.6 is 0 Å². The molecule has 0 atom stereocenters. The van der Waals surface area contributed by atoms with Crippen molar-refractivity contribution in [1.82, 2.24) is 24.1 Å². The van der Waals surface area contributed by atoms with E-state index in [0.29, 0.717) is 22.6 Å². The molecule has 9 heteroatoms. The van der Waals surface area contributed by atoms with Crippen LogP contribution in [0.15, 0.2) is 36.8 Å². The summed E-state index contributed by atoms with van der Waals surface area (Å²) in [5.41, 5.74) is 3.14. The molecule has 1 aliphatic heterocycles. The second kappa shape index (κ2) is 7.10. The summed E-state index contributed by atoms with van der Waals surface area (Å²) in [6, 6.07) is 5.00. The normalized spacial score (nSPS) is 14.6. The van der Waals surface area contributed by atoms with Crippen LogP contribution in [-0.4, -0.2) is 50.9 Å². The van der Waals surface area contributed by atoms with Crippen molar-refractivity contribution in [3.8, 4) is 0 Å². The zero-order valence-corrected chi connectivity index (χ0v) is 16.8. The van der Waals surface area contributed by atoms with Crippen LogP contribution in [0.4, 0.5) is 15.9 Å². The van der Waals surface area contributed by atoms with Gasteiger partial charge in [-0.2, -0.15) is 0 Å². The maximum atomic E-state index is 14.4. The van der Waals surface area contributed by atoms with Gasteiger partial charge in [0.05, 0.1) is 22.6 Å². The number of aryl methyl sites for hydroxylation is 2. The number of amides is 1. The van der Waals surface area contributed by atoms with Gasteiger partial charge in [0, 0.05) is 50.8 Å². The average Bonchev–Trinajstić information content (AvgIpc) is 3.29. The topological polar surface area (TPSA) is 79.0 Å². The lowest BCUT2D eigenvalue weighted by Crippen LogP contribution is -2.44. The smallest absolute Gasteiger partial charge is 0.259 e. The van der Waals surface area contributed by atoms with Gasteiger partial charge in [0.25, 0.3) is 5.91 Å². The van der Waals surface area contributed by atoms with Crippen LogP contribution in [0.3, 0.4) is 0 Å². The number of rotatable bonds is 3. The van der Waals surface area contributed by atoms with Crippen molar-refractivity contribution >= 4 is 28.7 Å². The van der Waals surface area contributed by atoms with E-state index in [0.717, 1.165) is 37.7 Å². The molecule has 0 saturated carbocycles. The molecule has 0 bridgehead atoms. The summed E-state index contributed by atoms with van der Waals surface area (Å²) in [6.45, 7) is 7.31. The summed E-state index contributed by atoms with van der Waals surface area (Å²) in [5, 5.41) is 6.14. The van der Waals surface area contributed by atoms with Gasteiger partial charge < -0.3 is 19.9 Å². The van der Waals surface area contributed by atoms with Crippen LogP contribution in [0.5, 0.6) is 0 Å². The SMILES string of the molecule is Cc1cn2cc(NC(=O)c3ccc(N4CCNCC4)n4cc(C)nc34)cc(F)c2n1. The van der Waals surface area contributed by atoms with E-state index in [1.54, 1.807) is 29.8 Å². The highest BCUT2D eigenvalue weighted by Gasteiger charge is 2.20. The van der Waals surface area contributed by atoms with Crippen molar-refractivity contribution in [3.05, 3.63) is 59.6 Å². The number of hydrogen-bond acceptors (Lipinski definition) is 5. The summed E-state index contributed by atoms with van der Waals surface area (Å²) in [4.78, 5) is 24.0. The Morgan fingerprint density at radius 1 is 1.07 bits per heavy atom. The minimum Gasteiger partial charge on any atom is -0.355 e. The Balaban J connectivity index is 1.51. The molecule has 0 spiro atoms. The van der Waals surface area contributed by atoms with Crippen LogP contribution in [0, 0.1) is 19.7 Å². The predicted molar refractivity (Wildman–Crippen MR) is 113 cm³/mol. The first-order valence-corrected chi connectivity index (χ1v) is 9.90. The number of fused-ring (bicyclic) bond motifs is 2. The lowest BCUT2D eigenvalue weighted by atomic mass is 10.2. The summed E-state index contributed by atoms with van der Waals surface area (Å²) in [7, 11) is 0. The number of carbonyl (C=O) groups excluding carboxylic acids is 1. The Bertz CT molecular complexity index is 1270. The highest BCUT2D eigenvalue weighted by atomic mass is 19.1. The standard InChI is InChI=1S/C21H22FN7O/c1-13-10-28-12-15(9-17(22)20(28)25-13)26-21(30)16-3-4-18(27-7-5-23-6-8-27)29-11-14(2)24-19(16)29/h3-4,9-12,23H,5-8H2,1-2H3,(H,26,30). The molecule has 1 fully saturated rings. The Morgan fingerprint density at radius 2 is 1.80 bits per heavy atom. The zero-order chi connectivity index (χ0) is 20.8. The molecule has 0 radical (unpaired) electrons. The lowest BCUT2D eigenvalue weighted by Gasteiger charge is -2.30. The van der Waals surface area contributed by atoms with Crippen LogP contribution in [0.2, 0.25) is 0 Å². The fourth-order valence-corrected chi connectivity index (χ4v) is 3.95. The summed E-state index contributed by atoms with van der Waals surface area (Å²) in [6.07, 6.45) is 5.30. The van der Waals surface area contributed by atoms with Crippen molar-refractivity contribution < 1.29 is 9.18 Å². The third-order valence-electron chi connectivity index (χ3n) is 5.28. The van der Waals surface area contributed by atoms with Gasteiger partial charge in [0.15, 0.2) is 17.1 Å². The second-order valence-corrected chi connectivity index (χ2v) is 7.56. The number of piperazine rings is 1. The number of anilines is 2. The molecule has 0 unspecified atom stereocenters. The van der Waals surface area contributed by atoms with Crippen molar-refractivity contribution in [2.75, 3.05) is 36.4 Å². The fraction of sp³-hybridized carbons (Fsp3) is 0.286. The first-order chi connectivity index (χ1) is 14.5. The summed E-state index contributed by atoms with van der Waals surface area (Å²) < 4.78 is 17.9. The molecule has 4 aromatic heterocycles. The number of hydrogen-bond donors (Lipinski definition) is 2. The number of halogens is 1. The molecule has 1 saturated heterocycles. The Morgan fingerprint density at radius 3 is 2.60 bits per heavy atom. The van der Waals surface area contributed by atoms with Gasteiger partial charge in [-0.15, -0.1) is 0 Å². The molecule has 0 aromatic carbocycles. The Kier molecular flexibility index (Phi) is 4.39. The number of nitrogens with zero attached hydrogens (tertiary/aromatic N) is 5. The van der Waals surface area contributed by atoms with E-state index >= 15 is 0 Å². The second-order valence-electron chi connectivity index (χ2n) is 7.56. The average molecular weight is 407 g/mol. The number of aromatic nitrogens is 4. The van der Waals surface area contributed by atoms with Crippen molar-refractivity contribution in [2.45, 2.75) is 13.8 Å². The molecule has 2 N–H and O–H groups in total. The van der Waals surface area contributed by atoms with Crippen molar-refractivity contribution in [3.63, 3.8) is 0 Å². The van der Waals surface area contributed by atoms with E-state index in [1.165, 1.54) is 6.07 Å². The fourth-order valence-electron chi connectivity index (χ4n) is 3.95. The van der Waals surface area contributed by atoms with Gasteiger partial charge in [-0.1, -0.05) is 0 Å². The van der Waals surface area contributed by atoms with E-state index in [-0.39, 0.29) is 11.6 Å². The molecule has 5 heterocycles. The van der Waals surface area contributed by atoms with Gasteiger partial charge in [-0.3, -0.25) is 9.20 Å². The maximum Gasteiger partial charge on any atom is 0.259 e. The monoisotopic (exact) mass is 407 g/mol. The van der Waals surface area contributed by atoms with E-state index in [2.05, 4.69) is 25.5 Å². The molecule has 30 heavy (non-hydrogen) atoms. The molecule has 5 rings (SSSR count). The number of imidazole rings is 2. The Hall–Kier alpha value is -3.46. The van der Waals surface area contributed by atoms with E-state index < -0.39 is 5.82 Å². The van der Waals surface area contributed by atoms with Gasteiger partial charge >= 0.3 is 0 Å². The quantitative estimate of drug-likeness (QED) is 0.545. The largest absolute Gasteiger partial charge is 0.355 e. The molecular formula is C21H22FN7O. The van der Waals surface area contributed by atoms with Crippen LogP contribution in [-0.2, 0) is 0 Å². The van der Waals surface area contributed by atoms with Gasteiger partial charge in [-0.05, 0) is 26.0 Å². The molecule has 154 valence electrons. The minimum absolute atomic E-state index is 0.233. The van der Waals surface area contributed by atoms with Gasteiger partial charge in [0.1, 0.15) is 5.82 Å². The van der Waals surface area contributed by atoms with Gasteiger partial charge in [-0.25, -0.2) is 14.4 Å². The van der Waals surface area contributed by atoms with Crippen molar-refractivity contribution in [2.24, 2.45) is 0 Å². The first kappa shape index (κ1) is 18.6. The highest BCUT2D eigenvalue weighted by Crippen LogP contribution is 2.23. The number of nitrogens with one attached hydrogen (secondary N) is 2. The summed E-state index contributed by atoms with van der Waals surface area (Å²) in [5.74, 6) is 0.176. The Labute approximate surface area is 172 Å².